The van der Waals surface area contributed by atoms with E-state index < -0.39 is 18.0 Å². The van der Waals surface area contributed by atoms with Gasteiger partial charge in [0.05, 0.1) is 18.7 Å². The number of nitrogens with one attached hydrogen (secondary N) is 2. The minimum absolute atomic E-state index is 0.136. The summed E-state index contributed by atoms with van der Waals surface area (Å²) in [6, 6.07) is 10.5. The molecule has 3 heterocycles. The number of hydrogen-bond acceptors (Lipinski definition) is 9. The molecule has 4 rings (SSSR count). The van der Waals surface area contributed by atoms with Gasteiger partial charge in [-0.25, -0.2) is 0 Å². The van der Waals surface area contributed by atoms with Crippen LogP contribution in [0.5, 0.6) is 5.75 Å². The fraction of sp³-hybridized carbons (Fsp3) is 0.269. The Balaban J connectivity index is 1.26. The van der Waals surface area contributed by atoms with Gasteiger partial charge in [0.1, 0.15) is 11.6 Å². The number of carbonyl (C=O) groups is 2. The number of hydrogen-bond donors (Lipinski definition) is 3. The number of aliphatic imine (C=N–C) groups is 1. The van der Waals surface area contributed by atoms with E-state index in [0.717, 1.165) is 29.2 Å². The third-order valence-electron chi connectivity index (χ3n) is 5.84. The zero-order valence-electron chi connectivity index (χ0n) is 21.5. The van der Waals surface area contributed by atoms with E-state index in [2.05, 4.69) is 30.2 Å². The molecule has 3 aromatic rings. The van der Waals surface area contributed by atoms with E-state index in [1.165, 1.54) is 24.3 Å². The van der Waals surface area contributed by atoms with Gasteiger partial charge in [0, 0.05) is 30.9 Å². The first-order valence-electron chi connectivity index (χ1n) is 12.3. The maximum atomic E-state index is 12.4. The normalized spacial score (nSPS) is 15.7. The van der Waals surface area contributed by atoms with Crippen molar-refractivity contribution in [2.45, 2.75) is 25.7 Å². The maximum Gasteiger partial charge on any atom is 0.573 e. The molecule has 0 saturated carbocycles. The van der Waals surface area contributed by atoms with Crippen LogP contribution in [0.3, 0.4) is 0 Å². The van der Waals surface area contributed by atoms with E-state index in [1.807, 2.05) is 11.0 Å². The van der Waals surface area contributed by atoms with E-state index in [0.29, 0.717) is 24.6 Å². The van der Waals surface area contributed by atoms with Crippen molar-refractivity contribution in [3.05, 3.63) is 77.1 Å². The number of halogens is 3. The second-order valence-corrected chi connectivity index (χ2v) is 9.87. The number of anilines is 1. The van der Waals surface area contributed by atoms with Crippen molar-refractivity contribution in [1.82, 2.24) is 20.5 Å². The van der Waals surface area contributed by atoms with Crippen LogP contribution < -0.4 is 20.7 Å². The van der Waals surface area contributed by atoms with Crippen molar-refractivity contribution in [1.29, 1.82) is 5.41 Å². The fourth-order valence-electron chi connectivity index (χ4n) is 3.93. The smallest absolute Gasteiger partial charge is 0.406 e. The summed E-state index contributed by atoms with van der Waals surface area (Å²) in [6.07, 6.45) is -0.0181. The van der Waals surface area contributed by atoms with Crippen LogP contribution in [0.1, 0.15) is 27.5 Å². The van der Waals surface area contributed by atoms with E-state index >= 15 is 0 Å². The second kappa shape index (κ2) is 13.1. The minimum atomic E-state index is -4.84. The van der Waals surface area contributed by atoms with Crippen LogP contribution in [0.4, 0.5) is 18.3 Å². The number of allylic oxidation sites excluding steroid dienone is 1. The molecule has 1 aromatic carbocycles. The van der Waals surface area contributed by atoms with Crippen molar-refractivity contribution in [2.24, 2.45) is 16.6 Å². The first-order chi connectivity index (χ1) is 19.6. The van der Waals surface area contributed by atoms with E-state index in [4.69, 9.17) is 11.1 Å². The lowest BCUT2D eigenvalue weighted by Crippen LogP contribution is -2.23. The maximum absolute atomic E-state index is 12.4. The molecule has 214 valence electrons. The average Bonchev–Trinajstić information content (AvgIpc) is 3.61. The molecule has 1 atom stereocenters. The van der Waals surface area contributed by atoms with Gasteiger partial charge in [-0.1, -0.05) is 29.5 Å². The number of amidine groups is 1. The van der Waals surface area contributed by atoms with Gasteiger partial charge in [-0.05, 0) is 48.4 Å². The fourth-order valence-corrected chi connectivity index (χ4v) is 4.73. The highest BCUT2D eigenvalue weighted by Gasteiger charge is 2.31. The van der Waals surface area contributed by atoms with E-state index in [9.17, 15) is 22.8 Å². The number of carbonyl (C=O) groups excluding carboxylic acids is 2. The molecule has 11 nitrogen and oxygen atoms in total. The Morgan fingerprint density at radius 1 is 1.22 bits per heavy atom. The Bertz CT molecular complexity index is 1460. The summed E-state index contributed by atoms with van der Waals surface area (Å²) in [6.45, 7) is 1.37. The lowest BCUT2D eigenvalue weighted by atomic mass is 10.0. The van der Waals surface area contributed by atoms with Crippen molar-refractivity contribution >= 4 is 39.8 Å². The van der Waals surface area contributed by atoms with Crippen molar-refractivity contribution < 1.29 is 27.5 Å². The first kappa shape index (κ1) is 29.3. The zero-order chi connectivity index (χ0) is 29.4. The number of amides is 2. The molecule has 1 fully saturated rings. The van der Waals surface area contributed by atoms with Crippen LogP contribution in [0.25, 0.3) is 0 Å². The highest BCUT2D eigenvalue weighted by Crippen LogP contribution is 2.28. The van der Waals surface area contributed by atoms with Crippen molar-refractivity contribution in [3.63, 3.8) is 0 Å². The average molecular weight is 587 g/mol. The van der Waals surface area contributed by atoms with Gasteiger partial charge in [0.25, 0.3) is 11.8 Å². The van der Waals surface area contributed by atoms with Gasteiger partial charge in [-0.15, -0.1) is 23.4 Å². The Morgan fingerprint density at radius 3 is 2.80 bits per heavy atom. The molecule has 0 bridgehead atoms. The topological polar surface area (TPSA) is 160 Å². The molecule has 0 aliphatic carbocycles. The molecule has 4 N–H and O–H groups in total. The highest BCUT2D eigenvalue weighted by atomic mass is 32.1. The van der Waals surface area contributed by atoms with Gasteiger partial charge in [0.15, 0.2) is 0 Å². The largest absolute Gasteiger partial charge is 0.573 e. The predicted molar refractivity (Wildman–Crippen MR) is 146 cm³/mol. The summed E-state index contributed by atoms with van der Waals surface area (Å²) >= 11 is 1.16. The third-order valence-corrected chi connectivity index (χ3v) is 6.82. The van der Waals surface area contributed by atoms with Crippen molar-refractivity contribution in [2.75, 3.05) is 18.0 Å². The summed E-state index contributed by atoms with van der Waals surface area (Å²) < 4.78 is 41.1. The standard InChI is InChI=1S/C26H25F3N8O3S/c27-26(28,29)40-19-6-3-4-16(12-19)13-22(38)34-21(31)8-7-20(30)17-9-11-37(15-17)25-36-35-24(41-25)23(39)33-14-18-5-1-2-10-32-18/h1-8,10,12,17,30H,9,11,13-15H2,(H,33,39)(H2,31,34,38)/b8-7-,30-20?. The number of alkyl halides is 3. The van der Waals surface area contributed by atoms with Crippen LogP contribution in [-0.4, -0.2) is 58.0 Å². The number of benzene rings is 1. The molecular formula is C26H25F3N8O3S. The summed E-state index contributed by atoms with van der Waals surface area (Å²) in [5.74, 6) is -1.73. The van der Waals surface area contributed by atoms with Crippen molar-refractivity contribution in [3.8, 4) is 5.75 Å². The number of aromatic nitrogens is 3. The quantitative estimate of drug-likeness (QED) is 0.241. The summed E-state index contributed by atoms with van der Waals surface area (Å²) in [4.78, 5) is 34.5. The summed E-state index contributed by atoms with van der Waals surface area (Å²) in [5, 5.41) is 20.0. The lowest BCUT2D eigenvalue weighted by molar-refractivity contribution is -0.274. The Hall–Kier alpha value is -4.66. The van der Waals surface area contributed by atoms with Gasteiger partial charge < -0.3 is 26.1 Å². The molecule has 1 aliphatic heterocycles. The van der Waals surface area contributed by atoms with Gasteiger partial charge >= 0.3 is 6.36 Å². The first-order valence-corrected chi connectivity index (χ1v) is 13.1. The van der Waals surface area contributed by atoms with Gasteiger partial charge in [-0.2, -0.15) is 4.99 Å². The van der Waals surface area contributed by atoms with Gasteiger partial charge in [-0.3, -0.25) is 14.6 Å². The Labute approximate surface area is 236 Å². The number of nitrogens with zero attached hydrogens (tertiary/aromatic N) is 5. The molecule has 15 heteroatoms. The van der Waals surface area contributed by atoms with Crippen LogP contribution in [0, 0.1) is 11.3 Å². The van der Waals surface area contributed by atoms with Crippen LogP contribution in [0.15, 0.2) is 65.8 Å². The Morgan fingerprint density at radius 2 is 2.05 bits per heavy atom. The monoisotopic (exact) mass is 586 g/mol. The second-order valence-electron chi connectivity index (χ2n) is 8.92. The van der Waals surface area contributed by atoms with E-state index in [-0.39, 0.29) is 46.9 Å². The summed E-state index contributed by atoms with van der Waals surface area (Å²) in [7, 11) is 0. The molecule has 0 spiro atoms. The lowest BCUT2D eigenvalue weighted by Gasteiger charge is -2.13. The number of ether oxygens (including phenoxy) is 1. The minimum Gasteiger partial charge on any atom is -0.406 e. The highest BCUT2D eigenvalue weighted by molar-refractivity contribution is 7.17. The SMILES string of the molecule is N=C(/C=C\C(N)=NC(=O)Cc1cccc(OC(F)(F)F)c1)C1CCN(c2nnc(C(=O)NCc3ccccn3)s2)C1. The number of nitrogens with two attached hydrogens (primary N) is 1. The molecule has 2 aromatic heterocycles. The molecule has 1 saturated heterocycles. The molecule has 0 radical (unpaired) electrons. The molecule has 1 aliphatic rings. The Kier molecular flexibility index (Phi) is 9.39. The van der Waals surface area contributed by atoms with Crippen LogP contribution in [0.2, 0.25) is 0 Å². The molecule has 41 heavy (non-hydrogen) atoms. The number of rotatable bonds is 10. The predicted octanol–water partition coefficient (Wildman–Crippen LogP) is 3.29. The summed E-state index contributed by atoms with van der Waals surface area (Å²) in [5.41, 5.74) is 7.08. The molecule has 2 amide bonds. The van der Waals surface area contributed by atoms with Crippen LogP contribution in [-0.2, 0) is 17.8 Å². The zero-order valence-corrected chi connectivity index (χ0v) is 22.3. The third kappa shape index (κ3) is 8.93. The number of pyridine rings is 1. The van der Waals surface area contributed by atoms with E-state index in [1.54, 1.807) is 18.3 Å². The molecule has 1 unspecified atom stereocenters. The van der Waals surface area contributed by atoms with Crippen LogP contribution >= 0.6 is 11.3 Å². The molecular weight excluding hydrogens is 561 g/mol. The van der Waals surface area contributed by atoms with Gasteiger partial charge in [0.2, 0.25) is 10.1 Å².